The topological polar surface area (TPSA) is 67.2 Å². The predicted octanol–water partition coefficient (Wildman–Crippen LogP) is 1.37. The Morgan fingerprint density at radius 2 is 2.00 bits per heavy atom. The van der Waals surface area contributed by atoms with Crippen LogP contribution in [0.25, 0.3) is 0 Å². The van der Waals surface area contributed by atoms with Gasteiger partial charge in [0.25, 0.3) is 0 Å². The standard InChI is InChI=1S/C12H13NO3S/c1-9-3-4-10(2)11(5-9)17(14,15)12(6-13)7-16-8-12/h3-5H,7-8H2,1-2H3. The number of ether oxygens (including phenoxy) is 1. The normalized spacial score (nSPS) is 18.2. The van der Waals surface area contributed by atoms with E-state index < -0.39 is 14.6 Å². The summed E-state index contributed by atoms with van der Waals surface area (Å²) >= 11 is 0. The Kier molecular flexibility index (Phi) is 2.72. The predicted molar refractivity (Wildman–Crippen MR) is 62.3 cm³/mol. The Labute approximate surface area is 101 Å². The van der Waals surface area contributed by atoms with Gasteiger partial charge in [0, 0.05) is 0 Å². The molecule has 2 rings (SSSR count). The average Bonchev–Trinajstić information content (AvgIpc) is 2.20. The summed E-state index contributed by atoms with van der Waals surface area (Å²) in [6, 6.07) is 7.11. The maximum Gasteiger partial charge on any atom is 0.208 e. The Morgan fingerprint density at radius 3 is 2.47 bits per heavy atom. The van der Waals surface area contributed by atoms with Gasteiger partial charge >= 0.3 is 0 Å². The van der Waals surface area contributed by atoms with Crippen LogP contribution in [0.1, 0.15) is 11.1 Å². The number of nitriles is 1. The fraction of sp³-hybridized carbons (Fsp3) is 0.417. The minimum Gasteiger partial charge on any atom is -0.376 e. The highest BCUT2D eigenvalue weighted by Crippen LogP contribution is 2.33. The summed E-state index contributed by atoms with van der Waals surface area (Å²) in [5.41, 5.74) is 1.53. The first-order valence-electron chi connectivity index (χ1n) is 5.24. The molecule has 0 unspecified atom stereocenters. The van der Waals surface area contributed by atoms with Crippen molar-refractivity contribution in [1.82, 2.24) is 0 Å². The number of benzene rings is 1. The highest BCUT2D eigenvalue weighted by molar-refractivity contribution is 7.93. The lowest BCUT2D eigenvalue weighted by Gasteiger charge is -2.34. The highest BCUT2D eigenvalue weighted by atomic mass is 32.2. The molecule has 4 nitrogen and oxygen atoms in total. The fourth-order valence-corrected chi connectivity index (χ4v) is 3.63. The molecule has 1 aromatic carbocycles. The molecule has 90 valence electrons. The van der Waals surface area contributed by atoms with Crippen molar-refractivity contribution in [3.8, 4) is 6.07 Å². The molecular weight excluding hydrogens is 238 g/mol. The van der Waals surface area contributed by atoms with Gasteiger partial charge in [-0.3, -0.25) is 0 Å². The zero-order valence-corrected chi connectivity index (χ0v) is 10.5. The third-order valence-corrected chi connectivity index (χ3v) is 5.40. The van der Waals surface area contributed by atoms with Gasteiger partial charge in [-0.2, -0.15) is 5.26 Å². The molecule has 0 atom stereocenters. The summed E-state index contributed by atoms with van der Waals surface area (Å²) in [5, 5.41) is 9.08. The van der Waals surface area contributed by atoms with E-state index in [0.717, 1.165) is 5.56 Å². The zero-order chi connectivity index (χ0) is 12.7. The van der Waals surface area contributed by atoms with E-state index in [1.165, 1.54) is 0 Å². The van der Waals surface area contributed by atoms with Gasteiger partial charge in [-0.25, -0.2) is 8.42 Å². The summed E-state index contributed by atoms with van der Waals surface area (Å²) < 4.78 is 28.4. The lowest BCUT2D eigenvalue weighted by atomic mass is 10.1. The second-order valence-electron chi connectivity index (χ2n) is 4.37. The first-order valence-corrected chi connectivity index (χ1v) is 6.72. The molecule has 0 radical (unpaired) electrons. The second-order valence-corrected chi connectivity index (χ2v) is 6.60. The van der Waals surface area contributed by atoms with Crippen LogP contribution >= 0.6 is 0 Å². The van der Waals surface area contributed by atoms with E-state index in [0.29, 0.717) is 5.56 Å². The van der Waals surface area contributed by atoms with Crippen LogP contribution in [-0.4, -0.2) is 26.4 Å². The van der Waals surface area contributed by atoms with Gasteiger partial charge in [0.05, 0.1) is 24.2 Å². The van der Waals surface area contributed by atoms with Gasteiger partial charge in [0.1, 0.15) is 0 Å². The number of aryl methyl sites for hydroxylation is 2. The quantitative estimate of drug-likeness (QED) is 0.796. The molecule has 17 heavy (non-hydrogen) atoms. The molecule has 0 saturated carbocycles. The van der Waals surface area contributed by atoms with Crippen molar-refractivity contribution in [1.29, 1.82) is 5.26 Å². The van der Waals surface area contributed by atoms with Crippen LogP contribution in [0.15, 0.2) is 23.1 Å². The number of hydrogen-bond donors (Lipinski definition) is 0. The summed E-state index contributed by atoms with van der Waals surface area (Å²) in [5.74, 6) is 0. The van der Waals surface area contributed by atoms with Crippen LogP contribution in [-0.2, 0) is 14.6 Å². The zero-order valence-electron chi connectivity index (χ0n) is 9.73. The molecule has 1 aromatic rings. The molecule has 1 aliphatic rings. The number of sulfone groups is 1. The van der Waals surface area contributed by atoms with Gasteiger partial charge in [-0.1, -0.05) is 12.1 Å². The first kappa shape index (κ1) is 12.1. The van der Waals surface area contributed by atoms with Gasteiger partial charge < -0.3 is 4.74 Å². The largest absolute Gasteiger partial charge is 0.376 e. The molecule has 0 aromatic heterocycles. The Bertz CT molecular complexity index is 595. The van der Waals surface area contributed by atoms with E-state index >= 15 is 0 Å². The van der Waals surface area contributed by atoms with Crippen LogP contribution in [0.3, 0.4) is 0 Å². The molecule has 1 heterocycles. The number of nitrogens with zero attached hydrogens (tertiary/aromatic N) is 1. The van der Waals surface area contributed by atoms with Crippen molar-refractivity contribution in [2.45, 2.75) is 23.5 Å². The van der Waals surface area contributed by atoms with Crippen molar-refractivity contribution < 1.29 is 13.2 Å². The van der Waals surface area contributed by atoms with E-state index in [1.807, 2.05) is 19.1 Å². The number of hydrogen-bond acceptors (Lipinski definition) is 4. The van der Waals surface area contributed by atoms with E-state index in [2.05, 4.69) is 0 Å². The van der Waals surface area contributed by atoms with Crippen molar-refractivity contribution >= 4 is 9.84 Å². The van der Waals surface area contributed by atoms with E-state index in [4.69, 9.17) is 10.00 Å². The van der Waals surface area contributed by atoms with Crippen LogP contribution in [0.5, 0.6) is 0 Å². The summed E-state index contributed by atoms with van der Waals surface area (Å²) in [4.78, 5) is 0.238. The average molecular weight is 251 g/mol. The summed E-state index contributed by atoms with van der Waals surface area (Å²) in [6.45, 7) is 3.48. The van der Waals surface area contributed by atoms with Crippen LogP contribution in [0.4, 0.5) is 0 Å². The minimum absolute atomic E-state index is 0.0424. The maximum atomic E-state index is 12.4. The molecule has 1 aliphatic heterocycles. The van der Waals surface area contributed by atoms with E-state index in [1.54, 1.807) is 19.1 Å². The minimum atomic E-state index is -3.65. The summed E-state index contributed by atoms with van der Waals surface area (Å²) in [6.07, 6.45) is 0. The second kappa shape index (κ2) is 3.83. The monoisotopic (exact) mass is 251 g/mol. The van der Waals surface area contributed by atoms with Gasteiger partial charge in [0.15, 0.2) is 0 Å². The van der Waals surface area contributed by atoms with Crippen molar-refractivity contribution in [2.75, 3.05) is 13.2 Å². The Hall–Kier alpha value is -1.38. The molecular formula is C12H13NO3S. The van der Waals surface area contributed by atoms with Crippen LogP contribution < -0.4 is 0 Å². The molecule has 0 aliphatic carbocycles. The van der Waals surface area contributed by atoms with E-state index in [9.17, 15) is 8.42 Å². The fourth-order valence-electron chi connectivity index (χ4n) is 1.77. The van der Waals surface area contributed by atoms with Crippen molar-refractivity contribution in [3.05, 3.63) is 29.3 Å². The SMILES string of the molecule is Cc1ccc(C)c(S(=O)(=O)C2(C#N)COC2)c1. The third-order valence-electron chi connectivity index (χ3n) is 3.02. The molecule has 5 heteroatoms. The van der Waals surface area contributed by atoms with Gasteiger partial charge in [-0.15, -0.1) is 0 Å². The first-order chi connectivity index (χ1) is 7.93. The highest BCUT2D eigenvalue weighted by Gasteiger charge is 2.52. The number of rotatable bonds is 2. The molecule has 1 fully saturated rings. The molecule has 0 bridgehead atoms. The maximum absolute atomic E-state index is 12.4. The van der Waals surface area contributed by atoms with Gasteiger partial charge in [0.2, 0.25) is 14.6 Å². The Balaban J connectivity index is 2.60. The van der Waals surface area contributed by atoms with Crippen molar-refractivity contribution in [2.24, 2.45) is 0 Å². The van der Waals surface area contributed by atoms with Gasteiger partial charge in [-0.05, 0) is 31.0 Å². The smallest absolute Gasteiger partial charge is 0.208 e. The molecule has 0 amide bonds. The third kappa shape index (κ3) is 1.65. The lowest BCUT2D eigenvalue weighted by molar-refractivity contribution is 0.0115. The van der Waals surface area contributed by atoms with Crippen LogP contribution in [0.2, 0.25) is 0 Å². The van der Waals surface area contributed by atoms with Crippen LogP contribution in [0, 0.1) is 25.2 Å². The Morgan fingerprint density at radius 1 is 1.35 bits per heavy atom. The molecule has 0 spiro atoms. The van der Waals surface area contributed by atoms with Crippen molar-refractivity contribution in [3.63, 3.8) is 0 Å². The van der Waals surface area contributed by atoms with E-state index in [-0.39, 0.29) is 18.1 Å². The molecule has 0 N–H and O–H groups in total. The lowest BCUT2D eigenvalue weighted by Crippen LogP contribution is -2.54. The summed E-state index contributed by atoms with van der Waals surface area (Å²) in [7, 11) is -3.65. The molecule has 1 saturated heterocycles.